The molecule has 0 unspecified atom stereocenters. The van der Waals surface area contributed by atoms with Gasteiger partial charge in [-0.2, -0.15) is 0 Å². The lowest BCUT2D eigenvalue weighted by atomic mass is 10.1. The monoisotopic (exact) mass is 219 g/mol. The quantitative estimate of drug-likeness (QED) is 0.852. The van der Waals surface area contributed by atoms with E-state index < -0.39 is 0 Å². The number of aryl methyl sites for hydroxylation is 2. The number of nitrogens with two attached hydrogens (primary N) is 1. The topological polar surface area (TPSA) is 74.2 Å². The third kappa shape index (κ3) is 2.31. The van der Waals surface area contributed by atoms with Gasteiger partial charge in [0.05, 0.1) is 0 Å². The first-order chi connectivity index (χ1) is 7.65. The normalized spacial score (nSPS) is 10.4. The molecule has 1 heterocycles. The molecule has 0 bridgehead atoms. The number of anilines is 1. The van der Waals surface area contributed by atoms with E-state index in [2.05, 4.69) is 10.2 Å². The third-order valence-corrected chi connectivity index (χ3v) is 2.18. The van der Waals surface area contributed by atoms with Crippen molar-refractivity contribution in [3.05, 3.63) is 35.2 Å². The fraction of sp³-hybridized carbons (Fsp3) is 0.273. The summed E-state index contributed by atoms with van der Waals surface area (Å²) < 4.78 is 10.6. The molecule has 0 amide bonds. The minimum atomic E-state index is 0.0552. The van der Waals surface area contributed by atoms with Crippen LogP contribution < -0.4 is 10.5 Å². The molecule has 0 radical (unpaired) electrons. The molecule has 0 aliphatic rings. The van der Waals surface area contributed by atoms with Gasteiger partial charge in [-0.15, -0.1) is 5.10 Å². The molecule has 0 atom stereocenters. The Morgan fingerprint density at radius 3 is 2.81 bits per heavy atom. The molecule has 5 nitrogen and oxygen atoms in total. The van der Waals surface area contributed by atoms with E-state index in [0.717, 1.165) is 16.9 Å². The van der Waals surface area contributed by atoms with Crippen molar-refractivity contribution in [2.75, 3.05) is 5.73 Å². The summed E-state index contributed by atoms with van der Waals surface area (Å²) in [6, 6.07) is 6.06. The van der Waals surface area contributed by atoms with Crippen LogP contribution >= 0.6 is 0 Å². The molecular formula is C11H13N3O2. The number of aromatic nitrogens is 2. The molecule has 0 fully saturated rings. The minimum absolute atomic E-state index is 0.0552. The van der Waals surface area contributed by atoms with Crippen LogP contribution in [0.1, 0.15) is 17.0 Å². The zero-order valence-electron chi connectivity index (χ0n) is 9.23. The van der Waals surface area contributed by atoms with Gasteiger partial charge >= 0.3 is 6.01 Å². The molecule has 0 spiro atoms. The van der Waals surface area contributed by atoms with Gasteiger partial charge in [0.1, 0.15) is 5.75 Å². The summed E-state index contributed by atoms with van der Waals surface area (Å²) in [6.45, 7) is 4.22. The van der Waals surface area contributed by atoms with Crippen LogP contribution in [-0.2, 0) is 6.61 Å². The van der Waals surface area contributed by atoms with E-state index in [1.54, 1.807) is 0 Å². The van der Waals surface area contributed by atoms with Crippen molar-refractivity contribution in [2.45, 2.75) is 20.5 Å². The number of hydrogen-bond acceptors (Lipinski definition) is 5. The van der Waals surface area contributed by atoms with Crippen molar-refractivity contribution >= 4 is 6.01 Å². The van der Waals surface area contributed by atoms with Gasteiger partial charge in [0.2, 0.25) is 0 Å². The van der Waals surface area contributed by atoms with E-state index in [-0.39, 0.29) is 12.6 Å². The van der Waals surface area contributed by atoms with Crippen LogP contribution in [0.15, 0.2) is 22.6 Å². The van der Waals surface area contributed by atoms with Crippen LogP contribution in [-0.4, -0.2) is 10.2 Å². The Hall–Kier alpha value is -2.04. The first kappa shape index (κ1) is 10.5. The van der Waals surface area contributed by atoms with Crippen molar-refractivity contribution in [1.29, 1.82) is 0 Å². The van der Waals surface area contributed by atoms with Crippen LogP contribution in [0.25, 0.3) is 0 Å². The lowest BCUT2D eigenvalue weighted by molar-refractivity contribution is 0.263. The highest BCUT2D eigenvalue weighted by atomic mass is 16.5. The molecule has 0 saturated heterocycles. The first-order valence-electron chi connectivity index (χ1n) is 4.93. The Morgan fingerprint density at radius 2 is 2.12 bits per heavy atom. The average molecular weight is 219 g/mol. The summed E-state index contributed by atoms with van der Waals surface area (Å²) in [5, 5.41) is 7.27. The molecule has 0 aliphatic carbocycles. The highest BCUT2D eigenvalue weighted by Gasteiger charge is 2.05. The van der Waals surface area contributed by atoms with E-state index in [0.29, 0.717) is 5.89 Å². The average Bonchev–Trinajstić information content (AvgIpc) is 2.66. The summed E-state index contributed by atoms with van der Waals surface area (Å²) in [6.07, 6.45) is 0. The lowest BCUT2D eigenvalue weighted by Crippen LogP contribution is -1.97. The number of rotatable bonds is 3. The van der Waals surface area contributed by atoms with Crippen LogP contribution in [0.4, 0.5) is 6.01 Å². The van der Waals surface area contributed by atoms with Crippen LogP contribution in [0.3, 0.4) is 0 Å². The number of nitrogens with zero attached hydrogens (tertiary/aromatic N) is 2. The Bertz CT molecular complexity index is 494. The van der Waals surface area contributed by atoms with E-state index in [4.69, 9.17) is 14.9 Å². The van der Waals surface area contributed by atoms with Gasteiger partial charge in [-0.3, -0.25) is 0 Å². The van der Waals surface area contributed by atoms with Gasteiger partial charge in [-0.1, -0.05) is 17.2 Å². The second-order valence-electron chi connectivity index (χ2n) is 3.59. The van der Waals surface area contributed by atoms with Crippen molar-refractivity contribution < 1.29 is 9.15 Å². The molecule has 1 aromatic carbocycles. The SMILES string of the molecule is Cc1ccc(C)c(OCc2nnc(N)o2)c1. The van der Waals surface area contributed by atoms with Gasteiger partial charge < -0.3 is 14.9 Å². The van der Waals surface area contributed by atoms with E-state index in [9.17, 15) is 0 Å². The second-order valence-corrected chi connectivity index (χ2v) is 3.59. The number of hydrogen-bond donors (Lipinski definition) is 1. The summed E-state index contributed by atoms with van der Waals surface area (Å²) in [4.78, 5) is 0. The Balaban J connectivity index is 2.07. The Labute approximate surface area is 93.2 Å². The van der Waals surface area contributed by atoms with Crippen LogP contribution in [0, 0.1) is 13.8 Å². The molecule has 2 N–H and O–H groups in total. The van der Waals surface area contributed by atoms with Crippen molar-refractivity contribution in [3.8, 4) is 5.75 Å². The zero-order valence-corrected chi connectivity index (χ0v) is 9.23. The summed E-state index contributed by atoms with van der Waals surface area (Å²) in [5.74, 6) is 1.19. The Kier molecular flexibility index (Phi) is 2.76. The highest BCUT2D eigenvalue weighted by molar-refractivity contribution is 5.35. The third-order valence-electron chi connectivity index (χ3n) is 2.18. The smallest absolute Gasteiger partial charge is 0.312 e. The lowest BCUT2D eigenvalue weighted by Gasteiger charge is -2.07. The Morgan fingerprint density at radius 1 is 1.31 bits per heavy atom. The molecule has 2 aromatic rings. The van der Waals surface area contributed by atoms with Gasteiger partial charge in [-0.25, -0.2) is 0 Å². The highest BCUT2D eigenvalue weighted by Crippen LogP contribution is 2.20. The maximum Gasteiger partial charge on any atom is 0.312 e. The van der Waals surface area contributed by atoms with Crippen LogP contribution in [0.2, 0.25) is 0 Å². The van der Waals surface area contributed by atoms with E-state index >= 15 is 0 Å². The largest absolute Gasteiger partial charge is 0.484 e. The standard InChI is InChI=1S/C11H13N3O2/c1-7-3-4-8(2)9(5-7)15-6-10-13-14-11(12)16-10/h3-5H,6H2,1-2H3,(H2,12,14). The summed E-state index contributed by atoms with van der Waals surface area (Å²) >= 11 is 0. The first-order valence-corrected chi connectivity index (χ1v) is 4.93. The number of ether oxygens (including phenoxy) is 1. The predicted octanol–water partition coefficient (Wildman–Crippen LogP) is 1.85. The van der Waals surface area contributed by atoms with Crippen molar-refractivity contribution in [2.24, 2.45) is 0 Å². The maximum atomic E-state index is 5.57. The summed E-state index contributed by atoms with van der Waals surface area (Å²) in [7, 11) is 0. The molecule has 2 rings (SSSR count). The fourth-order valence-electron chi connectivity index (χ4n) is 1.33. The van der Waals surface area contributed by atoms with Crippen molar-refractivity contribution in [1.82, 2.24) is 10.2 Å². The fourth-order valence-corrected chi connectivity index (χ4v) is 1.33. The van der Waals surface area contributed by atoms with Gasteiger partial charge in [0, 0.05) is 0 Å². The van der Waals surface area contributed by atoms with Gasteiger partial charge in [0.15, 0.2) is 6.61 Å². The number of nitrogen functional groups attached to an aromatic ring is 1. The van der Waals surface area contributed by atoms with Gasteiger partial charge in [0.25, 0.3) is 5.89 Å². The van der Waals surface area contributed by atoms with E-state index in [1.165, 1.54) is 0 Å². The molecule has 16 heavy (non-hydrogen) atoms. The molecule has 1 aromatic heterocycles. The van der Waals surface area contributed by atoms with Crippen LogP contribution in [0.5, 0.6) is 5.75 Å². The summed E-state index contributed by atoms with van der Waals surface area (Å²) in [5.41, 5.74) is 7.52. The molecule has 5 heteroatoms. The van der Waals surface area contributed by atoms with E-state index in [1.807, 2.05) is 32.0 Å². The molecular weight excluding hydrogens is 206 g/mol. The molecule has 0 aliphatic heterocycles. The second kappa shape index (κ2) is 4.22. The van der Waals surface area contributed by atoms with Crippen molar-refractivity contribution in [3.63, 3.8) is 0 Å². The molecule has 0 saturated carbocycles. The number of benzene rings is 1. The molecule has 84 valence electrons. The minimum Gasteiger partial charge on any atom is -0.484 e. The maximum absolute atomic E-state index is 5.57. The predicted molar refractivity (Wildman–Crippen MR) is 59.0 cm³/mol. The van der Waals surface area contributed by atoms with Gasteiger partial charge in [-0.05, 0) is 31.0 Å². The zero-order chi connectivity index (χ0) is 11.5.